The van der Waals surface area contributed by atoms with Gasteiger partial charge in [0.05, 0.1) is 20.9 Å². The summed E-state index contributed by atoms with van der Waals surface area (Å²) in [5, 5.41) is 2.86. The zero-order valence-corrected chi connectivity index (χ0v) is 23.3. The molecule has 3 heterocycles. The molecule has 1 amide bonds. The molecule has 2 saturated heterocycles. The number of sulfone groups is 1. The van der Waals surface area contributed by atoms with Crippen LogP contribution in [-0.2, 0) is 9.84 Å². The van der Waals surface area contributed by atoms with Crippen molar-refractivity contribution in [2.45, 2.75) is 80.8 Å². The lowest BCUT2D eigenvalue weighted by Crippen LogP contribution is -2.40. The summed E-state index contributed by atoms with van der Waals surface area (Å²) in [6, 6.07) is 6.45. The van der Waals surface area contributed by atoms with Crippen molar-refractivity contribution >= 4 is 33.2 Å². The Labute approximate surface area is 228 Å². The number of rotatable bonds is 6. The Morgan fingerprint density at radius 3 is 2.15 bits per heavy atom. The second kappa shape index (κ2) is 9.11. The Hall–Kier alpha value is -2.82. The molecule has 1 spiro atoms. The number of hydrogen-bond donors (Lipinski definition) is 1. The molecule has 6 rings (SSSR count). The minimum absolute atomic E-state index is 0.138. The van der Waals surface area contributed by atoms with E-state index in [2.05, 4.69) is 20.2 Å². The van der Waals surface area contributed by atoms with Gasteiger partial charge in [-0.25, -0.2) is 22.2 Å². The van der Waals surface area contributed by atoms with Crippen LogP contribution in [-0.4, -0.2) is 61.1 Å². The van der Waals surface area contributed by atoms with Gasteiger partial charge in [0.25, 0.3) is 11.8 Å². The molecule has 1 N–H and O–H groups in total. The van der Waals surface area contributed by atoms with E-state index in [0.717, 1.165) is 25.9 Å². The molecule has 2 aromatic rings. The molecule has 2 aliphatic carbocycles. The lowest BCUT2D eigenvalue weighted by Gasteiger charge is -2.35. The average molecular weight is 560 g/mol. The summed E-state index contributed by atoms with van der Waals surface area (Å²) in [7, 11) is -3.51. The highest BCUT2D eigenvalue weighted by molar-refractivity contribution is 7.93. The van der Waals surface area contributed by atoms with Crippen molar-refractivity contribution in [3.8, 4) is 0 Å². The summed E-state index contributed by atoms with van der Waals surface area (Å²) in [6.07, 6.45) is 5.31. The molecule has 0 unspecified atom stereocenters. The zero-order chi connectivity index (χ0) is 27.6. The number of nitrogens with one attached hydrogen (secondary N) is 1. The van der Waals surface area contributed by atoms with Crippen LogP contribution in [0.25, 0.3) is 0 Å². The van der Waals surface area contributed by atoms with Crippen LogP contribution in [0.4, 0.5) is 26.2 Å². The van der Waals surface area contributed by atoms with E-state index < -0.39 is 26.4 Å². The molecule has 1 aromatic heterocycles. The topological polar surface area (TPSA) is 95.5 Å². The fourth-order valence-corrected chi connectivity index (χ4v) is 7.46. The van der Waals surface area contributed by atoms with Crippen molar-refractivity contribution in [1.82, 2.24) is 9.97 Å². The second-order valence-electron chi connectivity index (χ2n) is 12.1. The number of aromatic nitrogens is 2. The van der Waals surface area contributed by atoms with Crippen molar-refractivity contribution in [3.05, 3.63) is 35.5 Å². The number of halogens is 2. The molecule has 39 heavy (non-hydrogen) atoms. The molecular formula is C28H35F2N5O3S. The summed E-state index contributed by atoms with van der Waals surface area (Å²) >= 11 is 0. The lowest BCUT2D eigenvalue weighted by molar-refractivity contribution is -0.0222. The Kier molecular flexibility index (Phi) is 6.17. The van der Waals surface area contributed by atoms with Gasteiger partial charge >= 0.3 is 0 Å². The molecular weight excluding hydrogens is 524 g/mol. The maximum Gasteiger partial charge on any atom is 0.258 e. The van der Waals surface area contributed by atoms with Crippen LogP contribution in [0.3, 0.4) is 0 Å². The highest BCUT2D eigenvalue weighted by atomic mass is 32.2. The summed E-state index contributed by atoms with van der Waals surface area (Å²) in [6.45, 7) is 5.37. The first-order chi connectivity index (χ1) is 18.4. The van der Waals surface area contributed by atoms with Crippen LogP contribution in [0, 0.1) is 12.3 Å². The molecule has 0 bridgehead atoms. The molecule has 0 radical (unpaired) electrons. The molecule has 8 nitrogen and oxygen atoms in total. The van der Waals surface area contributed by atoms with Gasteiger partial charge in [-0.3, -0.25) is 4.79 Å². The van der Waals surface area contributed by atoms with E-state index in [-0.39, 0.29) is 36.6 Å². The third kappa shape index (κ3) is 5.10. The van der Waals surface area contributed by atoms with Crippen LogP contribution in [0.5, 0.6) is 0 Å². The Balaban J connectivity index is 1.28. The maximum absolute atomic E-state index is 13.7. The molecule has 2 aliphatic heterocycles. The quantitative estimate of drug-likeness (QED) is 0.533. The molecule has 2 saturated carbocycles. The van der Waals surface area contributed by atoms with Crippen molar-refractivity contribution in [2.75, 3.05) is 41.3 Å². The number of alkyl halides is 2. The van der Waals surface area contributed by atoms with Gasteiger partial charge in [0.15, 0.2) is 9.84 Å². The number of aryl methyl sites for hydroxylation is 1. The highest BCUT2D eigenvalue weighted by Gasteiger charge is 2.51. The molecule has 4 fully saturated rings. The van der Waals surface area contributed by atoms with E-state index in [1.165, 1.54) is 18.9 Å². The van der Waals surface area contributed by atoms with Crippen molar-refractivity contribution < 1.29 is 22.0 Å². The third-order valence-electron chi connectivity index (χ3n) is 9.11. The van der Waals surface area contributed by atoms with Crippen molar-refractivity contribution in [3.63, 3.8) is 0 Å². The van der Waals surface area contributed by atoms with Gasteiger partial charge in [-0.05, 0) is 76.0 Å². The minimum Gasteiger partial charge on any atom is -0.371 e. The highest BCUT2D eigenvalue weighted by Crippen LogP contribution is 2.54. The van der Waals surface area contributed by atoms with Gasteiger partial charge in [0.1, 0.15) is 5.82 Å². The Bertz CT molecular complexity index is 1400. The normalized spacial score (nSPS) is 23.0. The van der Waals surface area contributed by atoms with Crippen molar-refractivity contribution in [2.24, 2.45) is 5.41 Å². The summed E-state index contributed by atoms with van der Waals surface area (Å²) in [5.41, 5.74) is 2.05. The smallest absolute Gasteiger partial charge is 0.258 e. The van der Waals surface area contributed by atoms with E-state index in [9.17, 15) is 22.0 Å². The number of hydrogen-bond acceptors (Lipinski definition) is 7. The fraction of sp³-hybridized carbons (Fsp3) is 0.607. The molecule has 210 valence electrons. The monoisotopic (exact) mass is 559 g/mol. The summed E-state index contributed by atoms with van der Waals surface area (Å²) in [5.74, 6) is -2.49. The fourth-order valence-electron chi connectivity index (χ4n) is 5.74. The van der Waals surface area contributed by atoms with E-state index in [1.807, 2.05) is 0 Å². The van der Waals surface area contributed by atoms with Crippen LogP contribution in [0.2, 0.25) is 0 Å². The standard InChI is InChI=1S/C28H35F2N5O3S/c1-19-17-23(33-25(31-19)35-15-11-28(29,30)12-16-35)32-24(36)21-4-3-20(39(37,38)26(2)5-6-26)18-22(21)34-13-9-27(7-8-27)10-14-34/h3-4,17-18H,5-16H2,1-2H3,(H,31,32,33,36). The number of carbonyl (C=O) groups excluding carboxylic acids is 1. The second-order valence-corrected chi connectivity index (χ2v) is 14.6. The van der Waals surface area contributed by atoms with Gasteiger partial charge in [0, 0.05) is 50.8 Å². The predicted molar refractivity (Wildman–Crippen MR) is 145 cm³/mol. The van der Waals surface area contributed by atoms with E-state index in [4.69, 9.17) is 0 Å². The number of piperidine rings is 2. The average Bonchev–Trinajstić information content (AvgIpc) is 3.82. The number of amides is 1. The van der Waals surface area contributed by atoms with Crippen LogP contribution >= 0.6 is 0 Å². The molecule has 4 aliphatic rings. The number of benzene rings is 1. The Morgan fingerprint density at radius 1 is 0.897 bits per heavy atom. The first-order valence-electron chi connectivity index (χ1n) is 13.8. The van der Waals surface area contributed by atoms with Gasteiger partial charge in [-0.2, -0.15) is 4.98 Å². The SMILES string of the molecule is Cc1cc(NC(=O)c2ccc(S(=O)(=O)C3(C)CC3)cc2N2CCC3(CC2)CC3)nc(N2CCC(F)(F)CC2)n1. The van der Waals surface area contributed by atoms with Gasteiger partial charge in [0.2, 0.25) is 5.95 Å². The third-order valence-corrected chi connectivity index (χ3v) is 11.7. The first kappa shape index (κ1) is 26.4. The van der Waals surface area contributed by atoms with Crippen molar-refractivity contribution in [1.29, 1.82) is 0 Å². The molecule has 11 heteroatoms. The minimum atomic E-state index is -3.51. The van der Waals surface area contributed by atoms with E-state index in [1.54, 1.807) is 36.9 Å². The molecule has 0 atom stereocenters. The summed E-state index contributed by atoms with van der Waals surface area (Å²) in [4.78, 5) is 26.6. The van der Waals surface area contributed by atoms with Crippen LogP contribution in [0.1, 0.15) is 74.3 Å². The summed E-state index contributed by atoms with van der Waals surface area (Å²) < 4.78 is 53.2. The van der Waals surface area contributed by atoms with Crippen LogP contribution in [0.15, 0.2) is 29.2 Å². The van der Waals surface area contributed by atoms with Gasteiger partial charge < -0.3 is 15.1 Å². The van der Waals surface area contributed by atoms with Gasteiger partial charge in [-0.15, -0.1) is 0 Å². The largest absolute Gasteiger partial charge is 0.371 e. The van der Waals surface area contributed by atoms with Crippen LogP contribution < -0.4 is 15.1 Å². The van der Waals surface area contributed by atoms with Gasteiger partial charge in [-0.1, -0.05) is 0 Å². The zero-order valence-electron chi connectivity index (χ0n) is 22.5. The maximum atomic E-state index is 13.7. The number of anilines is 3. The first-order valence-corrected chi connectivity index (χ1v) is 15.3. The van der Waals surface area contributed by atoms with E-state index >= 15 is 0 Å². The van der Waals surface area contributed by atoms with E-state index in [0.29, 0.717) is 41.1 Å². The Morgan fingerprint density at radius 2 is 1.54 bits per heavy atom. The number of nitrogens with zero attached hydrogens (tertiary/aromatic N) is 4. The predicted octanol–water partition coefficient (Wildman–Crippen LogP) is 4.98. The molecule has 1 aromatic carbocycles. The lowest BCUT2D eigenvalue weighted by atomic mass is 9.93. The number of carbonyl (C=O) groups is 1.